The van der Waals surface area contributed by atoms with Gasteiger partial charge in [-0.2, -0.15) is 0 Å². The highest BCUT2D eigenvalue weighted by Gasteiger charge is 2.14. The SMILES string of the molecule is CCC(CC)CN(CC)C(=O)CCl. The summed E-state index contributed by atoms with van der Waals surface area (Å²) in [6, 6.07) is 0. The van der Waals surface area contributed by atoms with Gasteiger partial charge in [0.2, 0.25) is 5.91 Å². The molecule has 0 bridgehead atoms. The number of hydrogen-bond donors (Lipinski definition) is 0. The van der Waals surface area contributed by atoms with Crippen LogP contribution >= 0.6 is 11.6 Å². The van der Waals surface area contributed by atoms with Crippen molar-refractivity contribution < 1.29 is 4.79 Å². The van der Waals surface area contributed by atoms with Crippen LogP contribution in [-0.2, 0) is 4.79 Å². The first-order chi connectivity index (χ1) is 6.19. The normalized spacial score (nSPS) is 10.5. The van der Waals surface area contributed by atoms with E-state index in [1.165, 1.54) is 0 Å². The summed E-state index contributed by atoms with van der Waals surface area (Å²) in [4.78, 5) is 13.1. The highest BCUT2D eigenvalue weighted by molar-refractivity contribution is 6.27. The van der Waals surface area contributed by atoms with E-state index in [2.05, 4.69) is 13.8 Å². The fourth-order valence-corrected chi connectivity index (χ4v) is 1.52. The first kappa shape index (κ1) is 12.8. The third-order valence-electron chi connectivity index (χ3n) is 2.48. The summed E-state index contributed by atoms with van der Waals surface area (Å²) in [5.74, 6) is 0.775. The van der Waals surface area contributed by atoms with E-state index >= 15 is 0 Å². The van der Waals surface area contributed by atoms with Gasteiger partial charge in [-0.1, -0.05) is 26.7 Å². The van der Waals surface area contributed by atoms with Crippen LogP contribution < -0.4 is 0 Å². The van der Waals surface area contributed by atoms with E-state index in [1.807, 2.05) is 11.8 Å². The lowest BCUT2D eigenvalue weighted by molar-refractivity contribution is -0.128. The summed E-state index contributed by atoms with van der Waals surface area (Å²) in [5, 5.41) is 0. The van der Waals surface area contributed by atoms with E-state index in [4.69, 9.17) is 11.6 Å². The second-order valence-electron chi connectivity index (χ2n) is 3.25. The average Bonchev–Trinajstić information content (AvgIpc) is 2.19. The van der Waals surface area contributed by atoms with Gasteiger partial charge in [-0.05, 0) is 12.8 Å². The monoisotopic (exact) mass is 205 g/mol. The Morgan fingerprint density at radius 1 is 1.31 bits per heavy atom. The number of amides is 1. The van der Waals surface area contributed by atoms with Crippen LogP contribution in [0, 0.1) is 5.92 Å². The first-order valence-electron chi connectivity index (χ1n) is 5.03. The van der Waals surface area contributed by atoms with E-state index in [0.717, 1.165) is 25.9 Å². The van der Waals surface area contributed by atoms with Crippen LogP contribution in [0.25, 0.3) is 0 Å². The minimum atomic E-state index is 0.0519. The molecular weight excluding hydrogens is 186 g/mol. The van der Waals surface area contributed by atoms with E-state index in [0.29, 0.717) is 5.92 Å². The minimum Gasteiger partial charge on any atom is -0.342 e. The molecule has 0 saturated carbocycles. The van der Waals surface area contributed by atoms with Gasteiger partial charge in [0.05, 0.1) is 0 Å². The number of halogens is 1. The Balaban J connectivity index is 4.02. The van der Waals surface area contributed by atoms with Crippen LogP contribution in [0.3, 0.4) is 0 Å². The van der Waals surface area contributed by atoms with Crippen LogP contribution in [0.5, 0.6) is 0 Å². The predicted octanol–water partition coefficient (Wildman–Crippen LogP) is 2.51. The summed E-state index contributed by atoms with van der Waals surface area (Å²) < 4.78 is 0. The molecule has 0 aliphatic rings. The van der Waals surface area contributed by atoms with Crippen molar-refractivity contribution in [2.75, 3.05) is 19.0 Å². The number of carbonyl (C=O) groups is 1. The standard InChI is InChI=1S/C10H20ClNO/c1-4-9(5-2)8-12(6-3)10(13)7-11/h9H,4-8H2,1-3H3. The predicted molar refractivity (Wildman–Crippen MR) is 57.0 cm³/mol. The molecule has 0 aromatic heterocycles. The maximum Gasteiger partial charge on any atom is 0.237 e. The van der Waals surface area contributed by atoms with Crippen molar-refractivity contribution in [1.82, 2.24) is 4.90 Å². The number of nitrogens with zero attached hydrogens (tertiary/aromatic N) is 1. The molecule has 0 heterocycles. The molecule has 2 nitrogen and oxygen atoms in total. The third-order valence-corrected chi connectivity index (χ3v) is 2.71. The maximum atomic E-state index is 11.3. The Labute approximate surface area is 86.2 Å². The third kappa shape index (κ3) is 4.51. The molecule has 0 unspecified atom stereocenters. The molecule has 1 amide bonds. The fraction of sp³-hybridized carbons (Fsp3) is 0.900. The summed E-state index contributed by atoms with van der Waals surface area (Å²) in [7, 11) is 0. The molecule has 0 fully saturated rings. The van der Waals surface area contributed by atoms with Crippen molar-refractivity contribution >= 4 is 17.5 Å². The van der Waals surface area contributed by atoms with Gasteiger partial charge in [-0.15, -0.1) is 11.6 Å². The Hall–Kier alpha value is -0.240. The highest BCUT2D eigenvalue weighted by Crippen LogP contribution is 2.10. The van der Waals surface area contributed by atoms with Crippen LogP contribution in [0.4, 0.5) is 0 Å². The van der Waals surface area contributed by atoms with E-state index in [-0.39, 0.29) is 11.8 Å². The lowest BCUT2D eigenvalue weighted by atomic mass is 10.0. The van der Waals surface area contributed by atoms with Crippen LogP contribution in [0.15, 0.2) is 0 Å². The van der Waals surface area contributed by atoms with E-state index < -0.39 is 0 Å². The molecule has 13 heavy (non-hydrogen) atoms. The summed E-state index contributed by atoms with van der Waals surface area (Å²) in [5.41, 5.74) is 0. The molecule has 0 saturated heterocycles. The van der Waals surface area contributed by atoms with Crippen molar-refractivity contribution in [1.29, 1.82) is 0 Å². The Morgan fingerprint density at radius 2 is 1.85 bits per heavy atom. The molecule has 3 heteroatoms. The van der Waals surface area contributed by atoms with Gasteiger partial charge in [0, 0.05) is 13.1 Å². The largest absolute Gasteiger partial charge is 0.342 e. The van der Waals surface area contributed by atoms with Crippen molar-refractivity contribution in [3.05, 3.63) is 0 Å². The maximum absolute atomic E-state index is 11.3. The van der Waals surface area contributed by atoms with Gasteiger partial charge in [0.15, 0.2) is 0 Å². The lowest BCUT2D eigenvalue weighted by Gasteiger charge is -2.24. The number of carbonyl (C=O) groups excluding carboxylic acids is 1. The van der Waals surface area contributed by atoms with E-state index in [1.54, 1.807) is 0 Å². The van der Waals surface area contributed by atoms with Gasteiger partial charge < -0.3 is 4.90 Å². The van der Waals surface area contributed by atoms with Gasteiger partial charge in [0.25, 0.3) is 0 Å². The molecule has 78 valence electrons. The van der Waals surface area contributed by atoms with Crippen molar-refractivity contribution in [3.8, 4) is 0 Å². The zero-order chi connectivity index (χ0) is 10.3. The molecule has 0 aliphatic heterocycles. The van der Waals surface area contributed by atoms with E-state index in [9.17, 15) is 4.79 Å². The zero-order valence-corrected chi connectivity index (χ0v) is 9.60. The highest BCUT2D eigenvalue weighted by atomic mass is 35.5. The topological polar surface area (TPSA) is 20.3 Å². The second-order valence-corrected chi connectivity index (χ2v) is 3.52. The quantitative estimate of drug-likeness (QED) is 0.611. The lowest BCUT2D eigenvalue weighted by Crippen LogP contribution is -2.35. The minimum absolute atomic E-state index is 0.0519. The molecule has 0 aromatic rings. The Morgan fingerprint density at radius 3 is 2.15 bits per heavy atom. The number of alkyl halides is 1. The second kappa shape index (κ2) is 7.19. The molecule has 0 N–H and O–H groups in total. The van der Waals surface area contributed by atoms with Crippen LogP contribution in [-0.4, -0.2) is 29.8 Å². The Bertz CT molecular complexity index is 146. The molecular formula is C10H20ClNO. The summed E-state index contributed by atoms with van der Waals surface area (Å²) in [6.07, 6.45) is 2.26. The van der Waals surface area contributed by atoms with Crippen LogP contribution in [0.2, 0.25) is 0 Å². The van der Waals surface area contributed by atoms with Gasteiger partial charge >= 0.3 is 0 Å². The van der Waals surface area contributed by atoms with Gasteiger partial charge in [0.1, 0.15) is 5.88 Å². The van der Waals surface area contributed by atoms with Crippen molar-refractivity contribution in [2.45, 2.75) is 33.6 Å². The molecule has 0 radical (unpaired) electrons. The molecule has 0 aromatic carbocycles. The van der Waals surface area contributed by atoms with Crippen molar-refractivity contribution in [2.24, 2.45) is 5.92 Å². The summed E-state index contributed by atoms with van der Waals surface area (Å²) >= 11 is 5.50. The molecule has 0 spiro atoms. The number of hydrogen-bond acceptors (Lipinski definition) is 1. The molecule has 0 rings (SSSR count). The average molecular weight is 206 g/mol. The summed E-state index contributed by atoms with van der Waals surface area (Å²) in [6.45, 7) is 7.93. The smallest absolute Gasteiger partial charge is 0.237 e. The van der Waals surface area contributed by atoms with Gasteiger partial charge in [-0.25, -0.2) is 0 Å². The zero-order valence-electron chi connectivity index (χ0n) is 8.85. The van der Waals surface area contributed by atoms with Gasteiger partial charge in [-0.3, -0.25) is 4.79 Å². The molecule has 0 atom stereocenters. The first-order valence-corrected chi connectivity index (χ1v) is 5.56. The Kier molecular flexibility index (Phi) is 7.06. The van der Waals surface area contributed by atoms with Crippen LogP contribution in [0.1, 0.15) is 33.6 Å². The fourth-order valence-electron chi connectivity index (χ4n) is 1.35. The molecule has 0 aliphatic carbocycles. The number of rotatable bonds is 6. The van der Waals surface area contributed by atoms with Crippen molar-refractivity contribution in [3.63, 3.8) is 0 Å².